The molecule has 0 aromatic heterocycles. The third kappa shape index (κ3) is 4.12. The van der Waals surface area contributed by atoms with Crippen LogP contribution < -0.4 is 10.5 Å². The second kappa shape index (κ2) is 7.50. The monoisotopic (exact) mass is 298 g/mol. The average Bonchev–Trinajstić information content (AvgIpc) is 2.42. The second-order valence-corrected chi connectivity index (χ2v) is 5.30. The summed E-state index contributed by atoms with van der Waals surface area (Å²) in [5.41, 5.74) is 6.97. The summed E-state index contributed by atoms with van der Waals surface area (Å²) in [5.74, 6) is 1.34. The van der Waals surface area contributed by atoms with Gasteiger partial charge in [0.15, 0.2) is 0 Å². The fourth-order valence-electron chi connectivity index (χ4n) is 2.46. The van der Waals surface area contributed by atoms with Gasteiger partial charge >= 0.3 is 0 Å². The Morgan fingerprint density at radius 3 is 2.90 bits per heavy atom. The Morgan fingerprint density at radius 2 is 2.25 bits per heavy atom. The number of nitrogens with zero attached hydrogens (tertiary/aromatic N) is 1. The first-order chi connectivity index (χ1) is 9.10. The molecule has 0 spiro atoms. The molecule has 112 valence electrons. The molecule has 1 amide bonds. The van der Waals surface area contributed by atoms with Crippen LogP contribution in [-0.2, 0) is 11.2 Å². The van der Waals surface area contributed by atoms with E-state index >= 15 is 0 Å². The molecule has 2 N–H and O–H groups in total. The van der Waals surface area contributed by atoms with Gasteiger partial charge in [-0.3, -0.25) is 4.79 Å². The Balaban J connectivity index is 0.00000200. The normalized spacial score (nSPS) is 22.1. The van der Waals surface area contributed by atoms with E-state index in [1.165, 1.54) is 0 Å². The third-order valence-electron chi connectivity index (χ3n) is 3.81. The van der Waals surface area contributed by atoms with Gasteiger partial charge in [-0.2, -0.15) is 0 Å². The summed E-state index contributed by atoms with van der Waals surface area (Å²) in [4.78, 5) is 14.2. The Kier molecular flexibility index (Phi) is 6.30. The van der Waals surface area contributed by atoms with Crippen LogP contribution in [-0.4, -0.2) is 37.0 Å². The number of rotatable bonds is 3. The molecule has 2 atom stereocenters. The maximum atomic E-state index is 12.3. The number of amides is 1. The molecule has 0 radical (unpaired) electrons. The molecule has 1 aromatic rings. The minimum absolute atomic E-state index is 0. The van der Waals surface area contributed by atoms with Crippen molar-refractivity contribution in [1.82, 2.24) is 4.90 Å². The number of piperidine rings is 1. The largest absolute Gasteiger partial charge is 0.497 e. The third-order valence-corrected chi connectivity index (χ3v) is 3.81. The summed E-state index contributed by atoms with van der Waals surface area (Å²) in [5, 5.41) is 0. The van der Waals surface area contributed by atoms with Crippen LogP contribution in [0.15, 0.2) is 24.3 Å². The number of nitrogens with two attached hydrogens (primary N) is 1. The summed E-state index contributed by atoms with van der Waals surface area (Å²) >= 11 is 0. The fraction of sp³-hybridized carbons (Fsp3) is 0.533. The molecule has 2 rings (SSSR count). The van der Waals surface area contributed by atoms with E-state index in [-0.39, 0.29) is 24.4 Å². The first-order valence-corrected chi connectivity index (χ1v) is 6.76. The van der Waals surface area contributed by atoms with Gasteiger partial charge < -0.3 is 15.4 Å². The lowest BCUT2D eigenvalue weighted by Crippen LogP contribution is -2.48. The number of carbonyl (C=O) groups excluding carboxylic acids is 1. The van der Waals surface area contributed by atoms with Gasteiger partial charge in [-0.25, -0.2) is 0 Å². The van der Waals surface area contributed by atoms with E-state index in [2.05, 4.69) is 6.92 Å². The first kappa shape index (κ1) is 16.8. The highest BCUT2D eigenvalue weighted by molar-refractivity contribution is 5.85. The topological polar surface area (TPSA) is 55.6 Å². The number of methoxy groups -OCH3 is 1. The van der Waals surface area contributed by atoms with Crippen LogP contribution in [0.2, 0.25) is 0 Å². The molecule has 0 saturated carbocycles. The van der Waals surface area contributed by atoms with E-state index < -0.39 is 0 Å². The van der Waals surface area contributed by atoms with Crippen molar-refractivity contribution in [2.24, 2.45) is 11.7 Å². The van der Waals surface area contributed by atoms with E-state index in [9.17, 15) is 4.79 Å². The summed E-state index contributed by atoms with van der Waals surface area (Å²) in [6, 6.07) is 7.89. The molecule has 2 unspecified atom stereocenters. The highest BCUT2D eigenvalue weighted by Crippen LogP contribution is 2.18. The second-order valence-electron chi connectivity index (χ2n) is 5.30. The van der Waals surface area contributed by atoms with Crippen molar-refractivity contribution in [2.45, 2.75) is 25.8 Å². The van der Waals surface area contributed by atoms with Gasteiger partial charge in [0.05, 0.1) is 13.5 Å². The molecule has 1 aliphatic rings. The maximum Gasteiger partial charge on any atom is 0.227 e. The number of halogens is 1. The summed E-state index contributed by atoms with van der Waals surface area (Å²) in [6.45, 7) is 3.65. The van der Waals surface area contributed by atoms with Crippen LogP contribution in [0.4, 0.5) is 0 Å². The van der Waals surface area contributed by atoms with Crippen LogP contribution in [0.5, 0.6) is 5.75 Å². The lowest BCUT2D eigenvalue weighted by molar-refractivity contribution is -0.132. The number of likely N-dealkylation sites (tertiary alicyclic amines) is 1. The van der Waals surface area contributed by atoms with Crippen LogP contribution in [0.3, 0.4) is 0 Å². The minimum Gasteiger partial charge on any atom is -0.497 e. The molecule has 0 bridgehead atoms. The van der Waals surface area contributed by atoms with E-state index in [1.54, 1.807) is 7.11 Å². The molecule has 5 heteroatoms. The van der Waals surface area contributed by atoms with Crippen molar-refractivity contribution in [3.05, 3.63) is 29.8 Å². The molecule has 0 aliphatic carbocycles. The molecular weight excluding hydrogens is 276 g/mol. The maximum absolute atomic E-state index is 12.3. The lowest BCUT2D eigenvalue weighted by Gasteiger charge is -2.35. The lowest BCUT2D eigenvalue weighted by atomic mass is 9.94. The zero-order valence-electron chi connectivity index (χ0n) is 12.0. The summed E-state index contributed by atoms with van der Waals surface area (Å²) < 4.78 is 5.17. The number of hydrogen-bond donors (Lipinski definition) is 1. The van der Waals surface area contributed by atoms with Crippen molar-refractivity contribution in [1.29, 1.82) is 0 Å². The number of benzene rings is 1. The molecule has 1 fully saturated rings. The van der Waals surface area contributed by atoms with Crippen molar-refractivity contribution >= 4 is 18.3 Å². The Bertz CT molecular complexity index is 453. The van der Waals surface area contributed by atoms with E-state index in [4.69, 9.17) is 10.5 Å². The van der Waals surface area contributed by atoms with Gasteiger partial charge in [0.1, 0.15) is 5.75 Å². The molecule has 1 saturated heterocycles. The quantitative estimate of drug-likeness (QED) is 0.926. The Hall–Kier alpha value is -1.26. The standard InChI is InChI=1S/C15H22N2O2.ClH/c1-11-10-17(7-6-14(11)16)15(18)9-12-4-3-5-13(8-12)19-2;/h3-5,8,11,14H,6-7,9-10,16H2,1-2H3;1H. The molecule has 1 aromatic carbocycles. The zero-order chi connectivity index (χ0) is 13.8. The van der Waals surface area contributed by atoms with Gasteiger partial charge in [-0.15, -0.1) is 12.4 Å². The van der Waals surface area contributed by atoms with Crippen LogP contribution >= 0.6 is 12.4 Å². The predicted molar refractivity (Wildman–Crippen MR) is 82.3 cm³/mol. The first-order valence-electron chi connectivity index (χ1n) is 6.76. The molecule has 4 nitrogen and oxygen atoms in total. The summed E-state index contributed by atoms with van der Waals surface area (Å²) in [7, 11) is 1.63. The Morgan fingerprint density at radius 1 is 1.50 bits per heavy atom. The van der Waals surface area contributed by atoms with Crippen molar-refractivity contribution < 1.29 is 9.53 Å². The van der Waals surface area contributed by atoms with Gasteiger partial charge in [-0.1, -0.05) is 19.1 Å². The van der Waals surface area contributed by atoms with E-state index in [0.717, 1.165) is 30.8 Å². The molecule has 1 aliphatic heterocycles. The van der Waals surface area contributed by atoms with Crippen LogP contribution in [0, 0.1) is 5.92 Å². The van der Waals surface area contributed by atoms with E-state index in [0.29, 0.717) is 12.3 Å². The molecular formula is C15H23ClN2O2. The van der Waals surface area contributed by atoms with Gasteiger partial charge in [-0.05, 0) is 30.0 Å². The number of ether oxygens (including phenoxy) is 1. The van der Waals surface area contributed by atoms with Gasteiger partial charge in [0.2, 0.25) is 5.91 Å². The SMILES string of the molecule is COc1cccc(CC(=O)N2CCC(N)C(C)C2)c1.Cl. The molecule has 1 heterocycles. The van der Waals surface area contributed by atoms with Crippen molar-refractivity contribution in [3.8, 4) is 5.75 Å². The van der Waals surface area contributed by atoms with Crippen LogP contribution in [0.1, 0.15) is 18.9 Å². The number of hydrogen-bond acceptors (Lipinski definition) is 3. The average molecular weight is 299 g/mol. The minimum atomic E-state index is 0. The fourth-order valence-corrected chi connectivity index (χ4v) is 2.46. The van der Waals surface area contributed by atoms with Gasteiger partial charge in [0, 0.05) is 19.1 Å². The highest BCUT2D eigenvalue weighted by Gasteiger charge is 2.26. The highest BCUT2D eigenvalue weighted by atomic mass is 35.5. The predicted octanol–water partition coefficient (Wildman–Crippen LogP) is 1.86. The molecule has 20 heavy (non-hydrogen) atoms. The smallest absolute Gasteiger partial charge is 0.227 e. The number of carbonyl (C=O) groups is 1. The van der Waals surface area contributed by atoms with Crippen LogP contribution in [0.25, 0.3) is 0 Å². The van der Waals surface area contributed by atoms with Crippen molar-refractivity contribution in [2.75, 3.05) is 20.2 Å². The van der Waals surface area contributed by atoms with Crippen molar-refractivity contribution in [3.63, 3.8) is 0 Å². The summed E-state index contributed by atoms with van der Waals surface area (Å²) in [6.07, 6.45) is 1.32. The zero-order valence-corrected chi connectivity index (χ0v) is 12.9. The Labute approximate surface area is 126 Å². The van der Waals surface area contributed by atoms with E-state index in [1.807, 2.05) is 29.2 Å². The van der Waals surface area contributed by atoms with Gasteiger partial charge in [0.25, 0.3) is 0 Å².